The SMILES string of the molecule is O=S(=O)([O-])c1cc(S(=O)(=O)[O-])c2c(O)cc(S(=O)(=O)O)cc2c1.[Na+].[Na+]. The Hall–Kier alpha value is 0.230. The molecule has 0 aliphatic carbocycles. The van der Waals surface area contributed by atoms with E-state index in [9.17, 15) is 39.5 Å². The molecule has 0 aromatic heterocycles. The first kappa shape index (κ1) is 25.2. The monoisotopic (exact) mass is 428 g/mol. The number of hydrogen-bond donors (Lipinski definition) is 2. The Labute approximate surface area is 187 Å². The fourth-order valence-electron chi connectivity index (χ4n) is 1.89. The Balaban J connectivity index is 0.00000288. The predicted octanol–water partition coefficient (Wildman–Crippen LogP) is -6.39. The number of hydrogen-bond acceptors (Lipinski definition) is 9. The van der Waals surface area contributed by atoms with Gasteiger partial charge < -0.3 is 14.2 Å². The summed E-state index contributed by atoms with van der Waals surface area (Å²) >= 11 is 0. The molecule has 0 amide bonds. The molecule has 0 aliphatic heterocycles. The first-order valence-electron chi connectivity index (χ1n) is 5.41. The van der Waals surface area contributed by atoms with Gasteiger partial charge in [-0.1, -0.05) is 0 Å². The number of aromatic hydroxyl groups is 1. The zero-order valence-corrected chi connectivity index (χ0v) is 19.1. The second-order valence-electron chi connectivity index (χ2n) is 4.35. The summed E-state index contributed by atoms with van der Waals surface area (Å²) in [7, 11) is -15.3. The third-order valence-electron chi connectivity index (χ3n) is 2.79. The zero-order valence-electron chi connectivity index (χ0n) is 12.7. The molecular formula is C10H6Na2O10S3. The Morgan fingerprint density at radius 1 is 0.760 bits per heavy atom. The zero-order chi connectivity index (χ0) is 17.8. The van der Waals surface area contributed by atoms with Crippen LogP contribution < -0.4 is 59.1 Å². The van der Waals surface area contributed by atoms with Crippen LogP contribution in [-0.2, 0) is 30.4 Å². The standard InChI is InChI=1S/C10H8O10S3.2Na/c11-8-3-6(21(12,13)14)1-5-2-7(22(15,16)17)4-9(10(5)8)23(18,19)20;;/h1-4,11H,(H,12,13,14)(H,15,16,17)(H,18,19,20);;/q;2*+1/p-2. The second-order valence-corrected chi connectivity index (χ2v) is 8.49. The molecule has 0 saturated heterocycles. The fourth-order valence-corrected chi connectivity index (χ4v) is 3.78. The number of rotatable bonds is 3. The van der Waals surface area contributed by atoms with Gasteiger partial charge in [-0.15, -0.1) is 0 Å². The van der Waals surface area contributed by atoms with E-state index in [-0.39, 0.29) is 65.2 Å². The van der Waals surface area contributed by atoms with Crippen molar-refractivity contribution in [3.8, 4) is 5.75 Å². The van der Waals surface area contributed by atoms with Gasteiger partial charge in [0.05, 0.1) is 14.7 Å². The van der Waals surface area contributed by atoms with Gasteiger partial charge in [0.2, 0.25) is 0 Å². The number of phenols is 1. The van der Waals surface area contributed by atoms with Crippen LogP contribution in [0.1, 0.15) is 0 Å². The van der Waals surface area contributed by atoms with Crippen LogP contribution in [0.3, 0.4) is 0 Å². The molecule has 0 radical (unpaired) electrons. The fraction of sp³-hybridized carbons (Fsp3) is 0. The normalized spacial score (nSPS) is 12.3. The van der Waals surface area contributed by atoms with Gasteiger partial charge in [-0.25, -0.2) is 16.8 Å². The number of phenolic OH excluding ortho intramolecular Hbond substituents is 1. The Morgan fingerprint density at radius 3 is 1.64 bits per heavy atom. The minimum absolute atomic E-state index is 0. The van der Waals surface area contributed by atoms with Gasteiger partial charge in [0.25, 0.3) is 10.1 Å². The van der Waals surface area contributed by atoms with Crippen LogP contribution in [0.25, 0.3) is 10.8 Å². The van der Waals surface area contributed by atoms with Crippen LogP contribution in [-0.4, -0.2) is 44.0 Å². The summed E-state index contributed by atoms with van der Waals surface area (Å²) in [5, 5.41) is 8.51. The third-order valence-corrected chi connectivity index (χ3v) is 5.30. The van der Waals surface area contributed by atoms with Gasteiger partial charge in [0.15, 0.2) is 0 Å². The molecule has 10 nitrogen and oxygen atoms in total. The molecular weight excluding hydrogens is 422 g/mol. The molecule has 0 bridgehead atoms. The topological polar surface area (TPSA) is 189 Å². The summed E-state index contributed by atoms with van der Waals surface area (Å²) in [5.41, 5.74) is 0. The van der Waals surface area contributed by atoms with Crippen LogP contribution in [0.2, 0.25) is 0 Å². The number of fused-ring (bicyclic) bond motifs is 1. The van der Waals surface area contributed by atoms with Crippen LogP contribution >= 0.6 is 0 Å². The van der Waals surface area contributed by atoms with Gasteiger partial charge in [0, 0.05) is 11.5 Å². The van der Waals surface area contributed by atoms with E-state index in [1.165, 1.54) is 0 Å². The van der Waals surface area contributed by atoms with Crippen molar-refractivity contribution in [3.63, 3.8) is 0 Å². The van der Waals surface area contributed by atoms with E-state index in [4.69, 9.17) is 4.55 Å². The summed E-state index contributed by atoms with van der Waals surface area (Å²) in [6.07, 6.45) is 0. The van der Waals surface area contributed by atoms with Crippen molar-refractivity contribution in [1.82, 2.24) is 0 Å². The van der Waals surface area contributed by atoms with E-state index >= 15 is 0 Å². The molecule has 0 aliphatic rings. The Kier molecular flexibility index (Phi) is 8.15. The molecule has 0 fully saturated rings. The summed E-state index contributed by atoms with van der Waals surface area (Å²) in [4.78, 5) is -3.23. The van der Waals surface area contributed by atoms with Crippen LogP contribution in [0.15, 0.2) is 39.0 Å². The summed E-state index contributed by atoms with van der Waals surface area (Å²) < 4.78 is 97.9. The van der Waals surface area contributed by atoms with Gasteiger partial charge >= 0.3 is 59.1 Å². The maximum Gasteiger partial charge on any atom is 1.00 e. The molecule has 0 atom stereocenters. The first-order chi connectivity index (χ1) is 10.2. The van der Waals surface area contributed by atoms with Gasteiger partial charge in [0.1, 0.15) is 26.0 Å². The largest absolute Gasteiger partial charge is 1.00 e. The molecule has 25 heavy (non-hydrogen) atoms. The van der Waals surface area contributed by atoms with E-state index in [0.717, 1.165) is 0 Å². The molecule has 0 saturated carbocycles. The van der Waals surface area contributed by atoms with E-state index in [1.54, 1.807) is 0 Å². The average Bonchev–Trinajstić information content (AvgIpc) is 2.33. The molecule has 126 valence electrons. The predicted molar refractivity (Wildman–Crippen MR) is 71.4 cm³/mol. The van der Waals surface area contributed by atoms with Gasteiger partial charge in [-0.3, -0.25) is 4.55 Å². The summed E-state index contributed by atoms with van der Waals surface area (Å²) in [6.45, 7) is 0. The molecule has 2 N–H and O–H groups in total. The smallest absolute Gasteiger partial charge is 0.744 e. The molecule has 0 unspecified atom stereocenters. The molecule has 2 rings (SSSR count). The van der Waals surface area contributed by atoms with Crippen LogP contribution in [0.5, 0.6) is 5.75 Å². The van der Waals surface area contributed by atoms with Crippen molar-refractivity contribution < 1.29 is 103 Å². The minimum Gasteiger partial charge on any atom is -0.744 e. The average molecular weight is 428 g/mol. The summed E-state index contributed by atoms with van der Waals surface area (Å²) in [5.74, 6) is -1.01. The maximum atomic E-state index is 11.2. The van der Waals surface area contributed by atoms with Gasteiger partial charge in [-0.05, 0) is 23.6 Å². The Morgan fingerprint density at radius 2 is 1.24 bits per heavy atom. The molecule has 15 heteroatoms. The van der Waals surface area contributed by atoms with Crippen molar-refractivity contribution in [1.29, 1.82) is 0 Å². The van der Waals surface area contributed by atoms with Crippen molar-refractivity contribution in [2.24, 2.45) is 0 Å². The number of benzene rings is 2. The van der Waals surface area contributed by atoms with Crippen molar-refractivity contribution in [3.05, 3.63) is 24.3 Å². The van der Waals surface area contributed by atoms with E-state index in [0.29, 0.717) is 18.2 Å². The molecule has 2 aromatic carbocycles. The molecule has 0 heterocycles. The first-order valence-corrected chi connectivity index (χ1v) is 9.67. The quantitative estimate of drug-likeness (QED) is 0.351. The summed E-state index contributed by atoms with van der Waals surface area (Å²) in [6, 6.07) is 1.91. The van der Waals surface area contributed by atoms with Crippen LogP contribution in [0, 0.1) is 0 Å². The Bertz CT molecular complexity index is 1130. The van der Waals surface area contributed by atoms with Gasteiger partial charge in [-0.2, -0.15) is 8.42 Å². The molecule has 0 spiro atoms. The van der Waals surface area contributed by atoms with E-state index in [1.807, 2.05) is 0 Å². The third kappa shape index (κ3) is 5.60. The van der Waals surface area contributed by atoms with Crippen molar-refractivity contribution in [2.45, 2.75) is 14.7 Å². The van der Waals surface area contributed by atoms with Crippen molar-refractivity contribution >= 4 is 41.1 Å². The van der Waals surface area contributed by atoms with Crippen LogP contribution in [0.4, 0.5) is 0 Å². The minimum atomic E-state index is -5.31. The molecule has 2 aromatic rings. The second kappa shape index (κ2) is 8.08. The maximum absolute atomic E-state index is 11.2. The van der Waals surface area contributed by atoms with Crippen molar-refractivity contribution in [2.75, 3.05) is 0 Å². The van der Waals surface area contributed by atoms with E-state index in [2.05, 4.69) is 0 Å². The van der Waals surface area contributed by atoms with E-state index < -0.39 is 61.6 Å².